The Balaban J connectivity index is 1.88. The number of rotatable bonds is 16. The van der Waals surface area contributed by atoms with Crippen LogP contribution in [0.1, 0.15) is 126 Å². The molecule has 438 valence electrons. The first-order valence-electron chi connectivity index (χ1n) is 27.5. The number of carbonyl (C=O) groups excluding carboxylic acids is 10. The minimum absolute atomic E-state index is 0.0387. The summed E-state index contributed by atoms with van der Waals surface area (Å²) < 4.78 is 17.2. The number of Topliss-reactive ketones (excluding diaryl/α,β-unsaturated/α-hetero) is 1. The second kappa shape index (κ2) is 29.4. The zero-order valence-corrected chi connectivity index (χ0v) is 48.1. The fraction of sp³-hybridized carbons (Fsp3) is 0.709. The Hall–Kier alpha value is -6.88. The molecule has 0 spiro atoms. The van der Waals surface area contributed by atoms with E-state index in [1.54, 1.807) is 72.7 Å². The van der Waals surface area contributed by atoms with Gasteiger partial charge in [-0.2, -0.15) is 4.91 Å². The molecule has 3 fully saturated rings. The maximum absolute atomic E-state index is 15.0. The summed E-state index contributed by atoms with van der Waals surface area (Å²) in [4.78, 5) is 172. The molecule has 1 aromatic carbocycles. The Morgan fingerprint density at radius 2 is 1.51 bits per heavy atom. The number of nitroso groups, excluding NO2 is 2. The second-order valence-electron chi connectivity index (χ2n) is 22.2. The van der Waals surface area contributed by atoms with Crippen molar-refractivity contribution in [3.63, 3.8) is 0 Å². The number of methoxy groups -OCH3 is 1. The Morgan fingerprint density at radius 3 is 2.08 bits per heavy atom. The van der Waals surface area contributed by atoms with Crippen molar-refractivity contribution in [2.45, 2.75) is 194 Å². The number of cyclic esters (lactones) is 2. The number of benzene rings is 1. The summed E-state index contributed by atoms with van der Waals surface area (Å²) >= 11 is 0. The summed E-state index contributed by atoms with van der Waals surface area (Å²) in [5.41, 5.74) is 0.554. The zero-order chi connectivity index (χ0) is 59.2. The SMILES string of the molecule is CCC[C@@H]1NC(=O)[C@@H](C)C(=O)[C@H](C(C)C)OC(=O)C[C@H](N=O)[C@@H](C(C)C)NC(=O)[C@@H](NC(=O)[C@@H](CC(C)C)N(C)C(=O)[C@@H]2CCCN2C(=O)[C@H](C)N=O)[C@@H](C)OC(=O)[C@H](Cc2ccc(OC)cc2)N(C)C(=O)[C@@H]2CCCN2C1=O. The van der Waals surface area contributed by atoms with Crippen molar-refractivity contribution in [3.8, 4) is 5.75 Å². The highest BCUT2D eigenvalue weighted by atomic mass is 16.6. The van der Waals surface area contributed by atoms with Crippen LogP contribution >= 0.6 is 0 Å². The summed E-state index contributed by atoms with van der Waals surface area (Å²) in [5.74, 6) is -10.6. The van der Waals surface area contributed by atoms with E-state index in [9.17, 15) is 57.8 Å². The summed E-state index contributed by atoms with van der Waals surface area (Å²) in [5, 5.41) is 14.2. The molecule has 0 aliphatic carbocycles. The van der Waals surface area contributed by atoms with Gasteiger partial charge in [-0.15, -0.1) is 4.91 Å². The minimum atomic E-state index is -1.81. The average Bonchev–Trinajstić information content (AvgIpc) is 4.15. The normalized spacial score (nSPS) is 27.1. The lowest BCUT2D eigenvalue weighted by atomic mass is 9.92. The molecule has 0 bridgehead atoms. The fourth-order valence-electron chi connectivity index (χ4n) is 10.4. The highest BCUT2D eigenvalue weighted by molar-refractivity contribution is 6.05. The number of nitrogens with one attached hydrogen (secondary N) is 3. The maximum Gasteiger partial charge on any atom is 0.329 e. The van der Waals surface area contributed by atoms with E-state index in [1.165, 1.54) is 56.7 Å². The van der Waals surface area contributed by atoms with Gasteiger partial charge in [-0.1, -0.05) is 77.4 Å². The lowest BCUT2D eigenvalue weighted by Gasteiger charge is -2.36. The van der Waals surface area contributed by atoms with Gasteiger partial charge in [0.25, 0.3) is 5.91 Å². The monoisotopic (exact) mass is 1110 g/mol. The van der Waals surface area contributed by atoms with Gasteiger partial charge in [-0.25, -0.2) is 4.79 Å². The molecule has 3 heterocycles. The summed E-state index contributed by atoms with van der Waals surface area (Å²) in [7, 11) is 4.23. The van der Waals surface area contributed by atoms with Crippen molar-refractivity contribution in [1.82, 2.24) is 35.6 Å². The van der Waals surface area contributed by atoms with Crippen LogP contribution in [0, 0.1) is 33.5 Å². The Kier molecular flexibility index (Phi) is 24.0. The second-order valence-corrected chi connectivity index (χ2v) is 22.2. The van der Waals surface area contributed by atoms with Crippen molar-refractivity contribution in [2.24, 2.45) is 34.0 Å². The standard InChI is InChI=1S/C55H83N9O15/c1-14-17-37-52(71)64-25-16-19-40(64)54(73)62(12)42(27-35-20-22-36(77-13)23-21-35)55(74)78-34(10)45(58-49(68)41(26-29(2)3)61(11)53(72)39-18-15-24-63(39)51(70)33(9)59-75)50(69)57-44(30(4)5)38(60-76)28-43(65)79-47(31(6)7)46(66)32(8)48(67)56-37/h20-23,29-34,37-42,44-45,47H,14-19,24-28H2,1-13H3,(H,56,67)(H,57,69)(H,58,68)/t32-,33-,34+,37-,38-,39-,40-,41+,42-,44+,45-,47-/m0/s1. The molecule has 3 N–H and O–H groups in total. The number of hydrogen-bond acceptors (Lipinski definition) is 17. The van der Waals surface area contributed by atoms with Gasteiger partial charge >= 0.3 is 11.9 Å². The number of ether oxygens (including phenoxy) is 3. The van der Waals surface area contributed by atoms with Gasteiger partial charge in [-0.3, -0.25) is 43.2 Å². The van der Waals surface area contributed by atoms with E-state index in [4.69, 9.17) is 14.2 Å². The molecule has 24 nitrogen and oxygen atoms in total. The largest absolute Gasteiger partial charge is 0.497 e. The van der Waals surface area contributed by atoms with Gasteiger partial charge in [0.2, 0.25) is 35.4 Å². The van der Waals surface area contributed by atoms with Crippen LogP contribution in [-0.2, 0) is 63.8 Å². The third-order valence-corrected chi connectivity index (χ3v) is 15.1. The Labute approximate surface area is 462 Å². The van der Waals surface area contributed by atoms with Gasteiger partial charge < -0.3 is 49.8 Å². The predicted molar refractivity (Wildman–Crippen MR) is 288 cm³/mol. The quantitative estimate of drug-likeness (QED) is 0.122. The molecular weight excluding hydrogens is 1030 g/mol. The average molecular weight is 1110 g/mol. The van der Waals surface area contributed by atoms with Crippen LogP contribution < -0.4 is 20.7 Å². The van der Waals surface area contributed by atoms with Crippen molar-refractivity contribution >= 4 is 59.1 Å². The van der Waals surface area contributed by atoms with E-state index in [0.29, 0.717) is 30.6 Å². The molecule has 24 heteroatoms. The Bertz CT molecular complexity index is 2380. The van der Waals surface area contributed by atoms with Crippen LogP contribution in [0.5, 0.6) is 5.75 Å². The molecule has 0 saturated carbocycles. The molecule has 79 heavy (non-hydrogen) atoms. The molecule has 0 radical (unpaired) electrons. The van der Waals surface area contributed by atoms with Crippen LogP contribution in [0.4, 0.5) is 0 Å². The lowest BCUT2D eigenvalue weighted by molar-refractivity contribution is -0.162. The summed E-state index contributed by atoms with van der Waals surface area (Å²) in [6.07, 6.45) is -2.13. The molecule has 1 aromatic rings. The van der Waals surface area contributed by atoms with Crippen LogP contribution in [-0.4, -0.2) is 180 Å². The van der Waals surface area contributed by atoms with Crippen LogP contribution in [0.2, 0.25) is 0 Å². The number of hydrogen-bond donors (Lipinski definition) is 3. The van der Waals surface area contributed by atoms with Gasteiger partial charge in [0.15, 0.2) is 17.9 Å². The van der Waals surface area contributed by atoms with E-state index in [-0.39, 0.29) is 51.1 Å². The first kappa shape index (κ1) is 64.6. The molecule has 0 unspecified atom stereocenters. The fourth-order valence-corrected chi connectivity index (χ4v) is 10.4. The molecular formula is C55H83N9O15. The van der Waals surface area contributed by atoms with Crippen molar-refractivity contribution < 1.29 is 62.2 Å². The molecule has 3 saturated heterocycles. The number of likely N-dealkylation sites (N-methyl/N-ethyl adjacent to an activating group) is 2. The molecule has 3 aliphatic heterocycles. The summed E-state index contributed by atoms with van der Waals surface area (Å²) in [6.45, 7) is 16.1. The van der Waals surface area contributed by atoms with E-state index in [0.717, 1.165) is 4.90 Å². The van der Waals surface area contributed by atoms with E-state index in [1.807, 2.05) is 0 Å². The molecule has 0 aromatic heterocycles. The number of likely N-dealkylation sites (tertiary alicyclic amines) is 1. The lowest BCUT2D eigenvalue weighted by Crippen LogP contribution is -2.62. The number of carbonyl (C=O) groups is 10. The molecule has 3 aliphatic rings. The number of amides is 7. The number of fused-ring (bicyclic) bond motifs is 1. The van der Waals surface area contributed by atoms with E-state index < -0.39 is 150 Å². The smallest absolute Gasteiger partial charge is 0.329 e. The molecule has 4 rings (SSSR count). The van der Waals surface area contributed by atoms with Crippen molar-refractivity contribution in [3.05, 3.63) is 39.6 Å². The zero-order valence-electron chi connectivity index (χ0n) is 48.1. The van der Waals surface area contributed by atoms with Crippen molar-refractivity contribution in [1.29, 1.82) is 0 Å². The number of ketones is 1. The topological polar surface area (TPSA) is 306 Å². The minimum Gasteiger partial charge on any atom is -0.497 e. The third kappa shape index (κ3) is 16.4. The number of nitrogens with zero attached hydrogens (tertiary/aromatic N) is 6. The van der Waals surface area contributed by atoms with E-state index >= 15 is 0 Å². The van der Waals surface area contributed by atoms with Gasteiger partial charge in [-0.05, 0) is 94.7 Å². The van der Waals surface area contributed by atoms with Crippen LogP contribution in [0.3, 0.4) is 0 Å². The predicted octanol–water partition coefficient (Wildman–Crippen LogP) is 3.23. The highest BCUT2D eigenvalue weighted by Gasteiger charge is 2.46. The first-order valence-corrected chi connectivity index (χ1v) is 27.5. The van der Waals surface area contributed by atoms with Gasteiger partial charge in [0.1, 0.15) is 54.1 Å². The molecule has 7 amide bonds. The van der Waals surface area contributed by atoms with Crippen molar-refractivity contribution in [2.75, 3.05) is 34.3 Å². The first-order chi connectivity index (χ1) is 37.2. The Morgan fingerprint density at radius 1 is 0.861 bits per heavy atom. The summed E-state index contributed by atoms with van der Waals surface area (Å²) in [6, 6.07) is -5.26. The van der Waals surface area contributed by atoms with Gasteiger partial charge in [0.05, 0.1) is 25.5 Å². The van der Waals surface area contributed by atoms with Crippen LogP contribution in [0.15, 0.2) is 34.6 Å². The molecule has 12 atom stereocenters. The number of esters is 2. The van der Waals surface area contributed by atoms with Crippen LogP contribution in [0.25, 0.3) is 0 Å². The van der Waals surface area contributed by atoms with E-state index in [2.05, 4.69) is 26.3 Å². The highest BCUT2D eigenvalue weighted by Crippen LogP contribution is 2.27. The maximum atomic E-state index is 15.0. The van der Waals surface area contributed by atoms with Gasteiger partial charge in [0, 0.05) is 33.6 Å². The third-order valence-electron chi connectivity index (χ3n) is 15.1.